The molecular weight excluding hydrogens is 102 g/mol. The summed E-state index contributed by atoms with van der Waals surface area (Å²) in [6.07, 6.45) is 0. The first kappa shape index (κ1) is 4.98. The molecule has 0 aliphatic carbocycles. The largest absolute Gasteiger partial charge is 0.389 e. The molecule has 0 aliphatic heterocycles. The normalized spacial score (nSPS) is 6.40. The van der Waals surface area contributed by atoms with Crippen molar-refractivity contribution in [1.82, 2.24) is 0 Å². The van der Waals surface area contributed by atoms with E-state index in [1.165, 1.54) is 0 Å². The lowest BCUT2D eigenvalue weighted by molar-refractivity contribution is 1.89. The Morgan fingerprint density at radius 2 is 2.00 bits per heavy atom. The third-order valence-corrected chi connectivity index (χ3v) is 0.552. The molecule has 2 N–H and O–H groups in total. The van der Waals surface area contributed by atoms with Crippen molar-refractivity contribution >= 4 is 34.8 Å². The fourth-order valence-electron chi connectivity index (χ4n) is 0. The molecule has 1 nitrogen and oxygen atoms in total. The Hall–Kier alpha value is -0.0200. The molecule has 5 heavy (non-hydrogen) atoms. The van der Waals surface area contributed by atoms with Gasteiger partial charge in [-0.05, 0) is 0 Å². The van der Waals surface area contributed by atoms with Crippen molar-refractivity contribution < 1.29 is 0 Å². The van der Waals surface area contributed by atoms with Gasteiger partial charge in [0, 0.05) is 0 Å². The van der Waals surface area contributed by atoms with E-state index in [4.69, 9.17) is 5.73 Å². The molecule has 0 aromatic heterocycles. The number of hydrogen-bond donors (Lipinski definition) is 1. The summed E-state index contributed by atoms with van der Waals surface area (Å²) in [6, 6.07) is 0. The maximum atomic E-state index is 4.81. The molecule has 0 rings (SSSR count). The molecule has 0 bridgehead atoms. The molecular formula is C2H2NS2. The maximum absolute atomic E-state index is 4.81. The maximum Gasteiger partial charge on any atom is 0.116 e. The SMILES string of the molecule is NC(=S)[C]=S. The van der Waals surface area contributed by atoms with Crippen LogP contribution in [0.25, 0.3) is 0 Å². The lowest BCUT2D eigenvalue weighted by atomic mass is 10.8. The van der Waals surface area contributed by atoms with Crippen molar-refractivity contribution in [1.29, 1.82) is 0 Å². The highest BCUT2D eigenvalue weighted by molar-refractivity contribution is 7.87. The standard InChI is InChI=1S/C2H2NS2/c3-2(5)1-4/h(H2,3,5). The van der Waals surface area contributed by atoms with E-state index in [0.717, 1.165) is 0 Å². The summed E-state index contributed by atoms with van der Waals surface area (Å²) in [6.45, 7) is 0. The molecule has 0 atom stereocenters. The molecule has 0 heterocycles. The molecule has 0 fully saturated rings. The Bertz CT molecular complexity index is 58.7. The van der Waals surface area contributed by atoms with E-state index < -0.39 is 0 Å². The van der Waals surface area contributed by atoms with Crippen molar-refractivity contribution in [3.8, 4) is 0 Å². The minimum Gasteiger partial charge on any atom is -0.389 e. The third-order valence-electron chi connectivity index (χ3n) is 0.101. The van der Waals surface area contributed by atoms with Crippen LogP contribution in [0.1, 0.15) is 0 Å². The monoisotopic (exact) mass is 104 g/mol. The fraction of sp³-hybridized carbons (Fsp3) is 0. The van der Waals surface area contributed by atoms with E-state index in [2.05, 4.69) is 29.8 Å². The molecule has 0 unspecified atom stereocenters. The van der Waals surface area contributed by atoms with Gasteiger partial charge in [-0.2, -0.15) is 0 Å². The summed E-state index contributed by atoms with van der Waals surface area (Å²) in [5.41, 5.74) is 4.81. The van der Waals surface area contributed by atoms with Crippen LogP contribution in [0.4, 0.5) is 0 Å². The highest BCUT2D eigenvalue weighted by Gasteiger charge is 1.67. The summed E-state index contributed by atoms with van der Waals surface area (Å²) in [4.78, 5) is 0.153. The highest BCUT2D eigenvalue weighted by atomic mass is 32.1. The van der Waals surface area contributed by atoms with Crippen LogP contribution in [0, 0.1) is 0 Å². The zero-order valence-corrected chi connectivity index (χ0v) is 4.03. The lowest BCUT2D eigenvalue weighted by Gasteiger charge is -1.67. The minimum absolute atomic E-state index is 0.153. The van der Waals surface area contributed by atoms with E-state index in [1.54, 1.807) is 0 Å². The van der Waals surface area contributed by atoms with Gasteiger partial charge in [0.05, 0.1) is 5.37 Å². The van der Waals surface area contributed by atoms with Gasteiger partial charge in [-0.1, -0.05) is 24.4 Å². The molecule has 1 radical (unpaired) electrons. The molecule has 0 aliphatic rings. The first-order valence-corrected chi connectivity index (χ1v) is 1.76. The molecule has 27 valence electrons. The van der Waals surface area contributed by atoms with Crippen molar-refractivity contribution in [3.05, 3.63) is 0 Å². The minimum atomic E-state index is 0.153. The Balaban J connectivity index is 3.20. The lowest BCUT2D eigenvalue weighted by Crippen LogP contribution is -2.05. The first-order chi connectivity index (χ1) is 2.27. The van der Waals surface area contributed by atoms with E-state index >= 15 is 0 Å². The van der Waals surface area contributed by atoms with Crippen molar-refractivity contribution in [2.24, 2.45) is 5.73 Å². The second kappa shape index (κ2) is 2.23. The second-order valence-corrected chi connectivity index (χ2v) is 1.11. The van der Waals surface area contributed by atoms with Gasteiger partial charge < -0.3 is 5.73 Å². The van der Waals surface area contributed by atoms with Crippen LogP contribution in [-0.2, 0) is 0 Å². The van der Waals surface area contributed by atoms with Crippen LogP contribution in [0.15, 0.2) is 0 Å². The summed E-state index contributed by atoms with van der Waals surface area (Å²) < 4.78 is 0. The van der Waals surface area contributed by atoms with Gasteiger partial charge in [-0.15, -0.1) is 0 Å². The quantitative estimate of drug-likeness (QED) is 0.479. The summed E-state index contributed by atoms with van der Waals surface area (Å²) >= 11 is 8.42. The predicted molar refractivity (Wildman–Crippen MR) is 29.4 cm³/mol. The molecule has 3 heteroatoms. The van der Waals surface area contributed by atoms with Gasteiger partial charge in [0.25, 0.3) is 0 Å². The van der Waals surface area contributed by atoms with Crippen molar-refractivity contribution in [2.75, 3.05) is 0 Å². The molecule has 0 aromatic rings. The first-order valence-electron chi connectivity index (χ1n) is 0.947. The molecule has 0 saturated carbocycles. The number of nitrogens with two attached hydrogens (primary N) is 1. The molecule has 0 spiro atoms. The van der Waals surface area contributed by atoms with Gasteiger partial charge in [0.1, 0.15) is 4.99 Å². The predicted octanol–water partition coefficient (Wildman–Crippen LogP) is 0.149. The Morgan fingerprint density at radius 1 is 1.80 bits per heavy atom. The Kier molecular flexibility index (Phi) is 2.22. The van der Waals surface area contributed by atoms with E-state index in [-0.39, 0.29) is 4.99 Å². The summed E-state index contributed by atoms with van der Waals surface area (Å²) in [5.74, 6) is 0. The van der Waals surface area contributed by atoms with Gasteiger partial charge in [-0.3, -0.25) is 0 Å². The number of rotatable bonds is 1. The second-order valence-electron chi connectivity index (χ2n) is 0.466. The molecule has 0 saturated heterocycles. The van der Waals surface area contributed by atoms with E-state index in [9.17, 15) is 0 Å². The van der Waals surface area contributed by atoms with E-state index in [1.807, 2.05) is 0 Å². The van der Waals surface area contributed by atoms with Crippen LogP contribution in [0.2, 0.25) is 0 Å². The van der Waals surface area contributed by atoms with Gasteiger partial charge >= 0.3 is 0 Å². The zero-order valence-electron chi connectivity index (χ0n) is 2.39. The van der Waals surface area contributed by atoms with Crippen LogP contribution < -0.4 is 5.73 Å². The summed E-state index contributed by atoms with van der Waals surface area (Å²) in [5, 5.41) is 2.12. The molecule has 0 aromatic carbocycles. The fourth-order valence-corrected chi connectivity index (χ4v) is 0. The zero-order chi connectivity index (χ0) is 4.28. The Morgan fingerprint density at radius 3 is 2.00 bits per heavy atom. The number of thiocarbonyl (C=S) groups is 2. The van der Waals surface area contributed by atoms with Crippen LogP contribution in [-0.4, -0.2) is 10.4 Å². The van der Waals surface area contributed by atoms with Crippen LogP contribution in [0.3, 0.4) is 0 Å². The van der Waals surface area contributed by atoms with Crippen molar-refractivity contribution in [2.45, 2.75) is 0 Å². The van der Waals surface area contributed by atoms with E-state index in [0.29, 0.717) is 0 Å². The molecule has 0 amide bonds. The average molecular weight is 104 g/mol. The van der Waals surface area contributed by atoms with Gasteiger partial charge in [-0.25, -0.2) is 0 Å². The van der Waals surface area contributed by atoms with Crippen LogP contribution >= 0.6 is 24.4 Å². The number of hydrogen-bond acceptors (Lipinski definition) is 2. The van der Waals surface area contributed by atoms with Gasteiger partial charge in [0.15, 0.2) is 0 Å². The topological polar surface area (TPSA) is 26.0 Å². The van der Waals surface area contributed by atoms with Gasteiger partial charge in [0.2, 0.25) is 0 Å². The summed E-state index contributed by atoms with van der Waals surface area (Å²) in [7, 11) is 0. The Labute approximate surface area is 41.2 Å². The van der Waals surface area contributed by atoms with Crippen molar-refractivity contribution in [3.63, 3.8) is 0 Å². The third kappa shape index (κ3) is 3.98. The highest BCUT2D eigenvalue weighted by Crippen LogP contribution is 1.52. The van der Waals surface area contributed by atoms with Crippen LogP contribution in [0.5, 0.6) is 0 Å². The smallest absolute Gasteiger partial charge is 0.116 e. The average Bonchev–Trinajstić information content (AvgIpc) is 1.38.